The minimum atomic E-state index is 0.183. The quantitative estimate of drug-likeness (QED) is 0.652. The summed E-state index contributed by atoms with van der Waals surface area (Å²) >= 11 is 0. The van der Waals surface area contributed by atoms with Crippen LogP contribution in [0.2, 0.25) is 0 Å². The second-order valence-corrected chi connectivity index (χ2v) is 4.32. The van der Waals surface area contributed by atoms with Crippen molar-refractivity contribution in [2.75, 3.05) is 26.6 Å². The van der Waals surface area contributed by atoms with E-state index in [1.807, 2.05) is 6.92 Å². The summed E-state index contributed by atoms with van der Waals surface area (Å²) in [6.07, 6.45) is 3.25. The third-order valence-electron chi connectivity index (χ3n) is 3.12. The second kappa shape index (κ2) is 6.75. The van der Waals surface area contributed by atoms with E-state index < -0.39 is 0 Å². The fourth-order valence-electron chi connectivity index (χ4n) is 2.12. The minimum absolute atomic E-state index is 0.183. The SMILES string of the molecule is CCOc1c(-c2ccncc2OC)ccc([N+](=O)OC)c1N. The molecule has 0 saturated heterocycles. The first-order chi connectivity index (χ1) is 10.6. The van der Waals surface area contributed by atoms with E-state index in [1.165, 1.54) is 7.11 Å². The number of hydrogen-bond acceptors (Lipinski definition) is 6. The second-order valence-electron chi connectivity index (χ2n) is 4.32. The summed E-state index contributed by atoms with van der Waals surface area (Å²) in [7, 11) is 2.83. The lowest BCUT2D eigenvalue weighted by atomic mass is 10.0. The summed E-state index contributed by atoms with van der Waals surface area (Å²) < 4.78 is 11.0. The van der Waals surface area contributed by atoms with Crippen LogP contribution in [0.15, 0.2) is 30.6 Å². The molecule has 0 amide bonds. The van der Waals surface area contributed by atoms with Crippen molar-refractivity contribution in [3.05, 3.63) is 35.5 Å². The number of pyridine rings is 1. The van der Waals surface area contributed by atoms with E-state index in [9.17, 15) is 4.91 Å². The molecule has 0 aliphatic rings. The standard InChI is InChI=1S/C15H18N3O4/c1-4-22-15-11(10-7-8-17-9-13(10)20-2)5-6-12(14(15)16)18(19)21-3/h5-9H,4,16H2,1-3H3/q+1. The van der Waals surface area contributed by atoms with E-state index in [0.717, 1.165) is 5.56 Å². The molecule has 7 nitrogen and oxygen atoms in total. The van der Waals surface area contributed by atoms with Crippen molar-refractivity contribution in [1.29, 1.82) is 0 Å². The number of anilines is 1. The number of nitrogens with two attached hydrogens (primary N) is 1. The summed E-state index contributed by atoms with van der Waals surface area (Å²) in [6.45, 7) is 2.24. The third-order valence-corrected chi connectivity index (χ3v) is 3.12. The van der Waals surface area contributed by atoms with Crippen LogP contribution in [0.3, 0.4) is 0 Å². The Morgan fingerprint density at radius 2 is 2.00 bits per heavy atom. The summed E-state index contributed by atoms with van der Waals surface area (Å²) in [5.74, 6) is 0.990. The Kier molecular flexibility index (Phi) is 4.77. The predicted octanol–water partition coefficient (Wildman–Crippen LogP) is 2.71. The molecule has 0 atom stereocenters. The normalized spacial score (nSPS) is 10.1. The molecule has 2 aromatic rings. The number of benzene rings is 1. The summed E-state index contributed by atoms with van der Waals surface area (Å²) in [5, 5.41) is 0. The van der Waals surface area contributed by atoms with Gasteiger partial charge in [-0.15, -0.1) is 0 Å². The molecule has 0 aliphatic heterocycles. The van der Waals surface area contributed by atoms with Gasteiger partial charge in [-0.3, -0.25) is 4.98 Å². The number of ether oxygens (including phenoxy) is 2. The topological polar surface area (TPSA) is 86.7 Å². The van der Waals surface area contributed by atoms with E-state index in [4.69, 9.17) is 15.2 Å². The Hall–Kier alpha value is -2.83. The van der Waals surface area contributed by atoms with Crippen molar-refractivity contribution in [2.45, 2.75) is 6.92 Å². The van der Waals surface area contributed by atoms with Crippen LogP contribution in [0.25, 0.3) is 11.1 Å². The van der Waals surface area contributed by atoms with Crippen LogP contribution in [0.4, 0.5) is 11.4 Å². The maximum absolute atomic E-state index is 11.7. The highest BCUT2D eigenvalue weighted by atomic mass is 16.8. The van der Waals surface area contributed by atoms with Gasteiger partial charge in [0.05, 0.1) is 24.8 Å². The van der Waals surface area contributed by atoms with Gasteiger partial charge in [-0.1, -0.05) is 0 Å². The Labute approximate surface area is 128 Å². The van der Waals surface area contributed by atoms with Crippen LogP contribution < -0.4 is 15.2 Å². The summed E-state index contributed by atoms with van der Waals surface area (Å²) in [5.41, 5.74) is 7.95. The molecule has 1 aromatic carbocycles. The van der Waals surface area contributed by atoms with Gasteiger partial charge in [0.2, 0.25) is 0 Å². The summed E-state index contributed by atoms with van der Waals surface area (Å²) in [6, 6.07) is 5.10. The van der Waals surface area contributed by atoms with Gasteiger partial charge in [-0.2, -0.15) is 0 Å². The summed E-state index contributed by atoms with van der Waals surface area (Å²) in [4.78, 5) is 20.7. The van der Waals surface area contributed by atoms with Crippen LogP contribution in [0.5, 0.6) is 11.5 Å². The predicted molar refractivity (Wildman–Crippen MR) is 82.1 cm³/mol. The monoisotopic (exact) mass is 304 g/mol. The zero-order chi connectivity index (χ0) is 16.1. The van der Waals surface area contributed by atoms with Gasteiger partial charge in [0.1, 0.15) is 5.75 Å². The number of methoxy groups -OCH3 is 1. The van der Waals surface area contributed by atoms with Gasteiger partial charge >= 0.3 is 5.69 Å². The number of hydrogen-bond donors (Lipinski definition) is 1. The molecular weight excluding hydrogens is 286 g/mol. The Morgan fingerprint density at radius 3 is 2.64 bits per heavy atom. The molecule has 22 heavy (non-hydrogen) atoms. The maximum Gasteiger partial charge on any atom is 0.343 e. The Morgan fingerprint density at radius 1 is 1.23 bits per heavy atom. The fraction of sp³-hybridized carbons (Fsp3) is 0.267. The first kappa shape index (κ1) is 15.6. The van der Waals surface area contributed by atoms with Gasteiger partial charge in [0.15, 0.2) is 18.5 Å². The number of nitrogen functional groups attached to an aromatic ring is 1. The lowest BCUT2D eigenvalue weighted by Gasteiger charge is -2.14. The molecule has 1 aromatic heterocycles. The lowest BCUT2D eigenvalue weighted by molar-refractivity contribution is -0.736. The third kappa shape index (κ3) is 2.78. The van der Waals surface area contributed by atoms with E-state index in [0.29, 0.717) is 28.6 Å². The van der Waals surface area contributed by atoms with Crippen molar-refractivity contribution in [3.8, 4) is 22.6 Å². The molecule has 0 fully saturated rings. The van der Waals surface area contributed by atoms with Crippen molar-refractivity contribution < 1.29 is 19.2 Å². The Balaban J connectivity index is 2.66. The number of rotatable bonds is 6. The van der Waals surface area contributed by atoms with E-state index in [2.05, 4.69) is 9.82 Å². The van der Waals surface area contributed by atoms with E-state index in [1.54, 1.807) is 37.7 Å². The number of nitrogens with zero attached hydrogens (tertiary/aromatic N) is 2. The molecule has 1 heterocycles. The van der Waals surface area contributed by atoms with Crippen molar-refractivity contribution in [3.63, 3.8) is 0 Å². The molecule has 0 bridgehead atoms. The van der Waals surface area contributed by atoms with Crippen molar-refractivity contribution in [2.24, 2.45) is 0 Å². The van der Waals surface area contributed by atoms with Crippen LogP contribution in [-0.4, -0.2) is 30.7 Å². The minimum Gasteiger partial charge on any atom is -0.494 e. The van der Waals surface area contributed by atoms with Crippen molar-refractivity contribution in [1.82, 2.24) is 4.98 Å². The smallest absolute Gasteiger partial charge is 0.343 e. The van der Waals surface area contributed by atoms with Gasteiger partial charge in [0.25, 0.3) is 4.92 Å². The molecule has 0 spiro atoms. The molecule has 7 heteroatoms. The van der Waals surface area contributed by atoms with Crippen LogP contribution >= 0.6 is 0 Å². The van der Waals surface area contributed by atoms with Crippen LogP contribution in [0.1, 0.15) is 6.92 Å². The molecule has 0 saturated carbocycles. The zero-order valence-corrected chi connectivity index (χ0v) is 12.7. The molecule has 0 radical (unpaired) electrons. The molecule has 116 valence electrons. The van der Waals surface area contributed by atoms with Crippen LogP contribution in [0, 0.1) is 4.91 Å². The molecule has 2 N–H and O–H groups in total. The molecule has 0 unspecified atom stereocenters. The lowest BCUT2D eigenvalue weighted by Crippen LogP contribution is -2.06. The molecule has 0 aliphatic carbocycles. The van der Waals surface area contributed by atoms with E-state index >= 15 is 0 Å². The van der Waals surface area contributed by atoms with Crippen molar-refractivity contribution >= 4 is 11.4 Å². The first-order valence-electron chi connectivity index (χ1n) is 6.69. The van der Waals surface area contributed by atoms with Gasteiger partial charge < -0.3 is 15.2 Å². The Bertz CT molecular complexity index is 688. The van der Waals surface area contributed by atoms with Crippen LogP contribution in [-0.2, 0) is 4.84 Å². The fourth-order valence-corrected chi connectivity index (χ4v) is 2.12. The number of aromatic nitrogens is 1. The first-order valence-corrected chi connectivity index (χ1v) is 6.69. The van der Waals surface area contributed by atoms with Gasteiger partial charge in [-0.25, -0.2) is 4.84 Å². The van der Waals surface area contributed by atoms with Gasteiger partial charge in [0, 0.05) is 23.4 Å². The van der Waals surface area contributed by atoms with Gasteiger partial charge in [-0.05, 0) is 19.1 Å². The average Bonchev–Trinajstić information content (AvgIpc) is 2.56. The maximum atomic E-state index is 11.7. The molecule has 2 rings (SSSR count). The van der Waals surface area contributed by atoms with E-state index in [-0.39, 0.29) is 11.4 Å². The highest BCUT2D eigenvalue weighted by molar-refractivity contribution is 5.84. The zero-order valence-electron chi connectivity index (χ0n) is 12.7. The highest BCUT2D eigenvalue weighted by Gasteiger charge is 2.26. The average molecular weight is 304 g/mol. The largest absolute Gasteiger partial charge is 0.494 e. The highest BCUT2D eigenvalue weighted by Crippen LogP contribution is 2.43. The molecular formula is C15H18N3O4+.